The zero-order chi connectivity index (χ0) is 17.4. The molecule has 5 heteroatoms. The van der Waals surface area contributed by atoms with Crippen molar-refractivity contribution in [2.45, 2.75) is 31.9 Å². The van der Waals surface area contributed by atoms with Crippen LogP contribution in [0.5, 0.6) is 5.75 Å². The van der Waals surface area contributed by atoms with Gasteiger partial charge in [-0.25, -0.2) is 0 Å². The minimum atomic E-state index is -0.485. The minimum Gasteiger partial charge on any atom is -0.489 e. The van der Waals surface area contributed by atoms with E-state index in [0.717, 1.165) is 27.7 Å². The highest BCUT2D eigenvalue weighted by molar-refractivity contribution is 9.10. The highest BCUT2D eigenvalue weighted by Gasteiger charge is 2.19. The van der Waals surface area contributed by atoms with E-state index in [4.69, 9.17) is 4.74 Å². The largest absolute Gasteiger partial charge is 0.489 e. The van der Waals surface area contributed by atoms with Crippen molar-refractivity contribution in [3.8, 4) is 5.75 Å². The van der Waals surface area contributed by atoms with Crippen molar-refractivity contribution in [3.63, 3.8) is 0 Å². The molecule has 2 N–H and O–H groups in total. The summed E-state index contributed by atoms with van der Waals surface area (Å²) in [6, 6.07) is 15.9. The third-order valence-electron chi connectivity index (χ3n) is 4.11. The zero-order valence-corrected chi connectivity index (χ0v) is 15.6. The van der Waals surface area contributed by atoms with Gasteiger partial charge in [0.1, 0.15) is 20.2 Å². The Kier molecular flexibility index (Phi) is 7.83. The quantitative estimate of drug-likeness (QED) is 0.647. The molecule has 0 saturated carbocycles. The van der Waals surface area contributed by atoms with Crippen molar-refractivity contribution in [3.05, 3.63) is 64.1 Å². The third kappa shape index (κ3) is 5.65. The molecule has 2 aromatic carbocycles. The van der Waals surface area contributed by atoms with Crippen LogP contribution < -0.4 is 4.74 Å². The van der Waals surface area contributed by atoms with E-state index in [9.17, 15) is 10.2 Å². The number of hydrogen-bond donors (Lipinski definition) is 2. The first-order valence-electron chi connectivity index (χ1n) is 8.38. The van der Waals surface area contributed by atoms with Crippen LogP contribution in [-0.2, 0) is 13.0 Å². The summed E-state index contributed by atoms with van der Waals surface area (Å²) in [5.41, 5.74) is 2.16. The van der Waals surface area contributed by atoms with Crippen LogP contribution in [0.25, 0.3) is 0 Å². The van der Waals surface area contributed by atoms with Gasteiger partial charge in [-0.2, -0.15) is 0 Å². The van der Waals surface area contributed by atoms with Crippen LogP contribution in [0.1, 0.15) is 17.5 Å². The average molecular weight is 391 g/mol. The Balaban J connectivity index is 2.04. The molecule has 0 aliphatic heterocycles. The van der Waals surface area contributed by atoms with E-state index in [1.807, 2.05) is 56.4 Å². The molecule has 2 atom stereocenters. The number of rotatable bonds is 9. The standard InChI is InChI=1S/C19H24BBrO3/c20-9-8-19(23)16(12-22)10-15-11-17(6-7-18(15)21)24-13-14-4-2-1-3-5-14/h1-7,11,16,19,22-23H,8-10,12-13,20H2. The lowest BCUT2D eigenvalue weighted by Gasteiger charge is -2.21. The highest BCUT2D eigenvalue weighted by atomic mass is 79.9. The molecule has 0 amide bonds. The summed E-state index contributed by atoms with van der Waals surface area (Å²) in [6.07, 6.45) is 1.73. The van der Waals surface area contributed by atoms with Gasteiger partial charge in [0, 0.05) is 17.0 Å². The molecule has 0 fully saturated rings. The molecule has 0 saturated heterocycles. The van der Waals surface area contributed by atoms with Crippen LogP contribution in [0, 0.1) is 5.92 Å². The minimum absolute atomic E-state index is 0.0251. The number of ether oxygens (including phenoxy) is 1. The summed E-state index contributed by atoms with van der Waals surface area (Å²) >= 11 is 3.55. The molecule has 128 valence electrons. The van der Waals surface area contributed by atoms with Crippen molar-refractivity contribution in [1.29, 1.82) is 0 Å². The van der Waals surface area contributed by atoms with E-state index in [-0.39, 0.29) is 12.5 Å². The van der Waals surface area contributed by atoms with Gasteiger partial charge < -0.3 is 14.9 Å². The van der Waals surface area contributed by atoms with Crippen molar-refractivity contribution in [2.75, 3.05) is 6.61 Å². The van der Waals surface area contributed by atoms with Gasteiger partial charge in [-0.3, -0.25) is 0 Å². The van der Waals surface area contributed by atoms with Crippen molar-refractivity contribution in [1.82, 2.24) is 0 Å². The van der Waals surface area contributed by atoms with Gasteiger partial charge in [0.15, 0.2) is 0 Å². The lowest BCUT2D eigenvalue weighted by atomic mass is 9.88. The molecular weight excluding hydrogens is 367 g/mol. The Morgan fingerprint density at radius 3 is 2.54 bits per heavy atom. The summed E-state index contributed by atoms with van der Waals surface area (Å²) in [4.78, 5) is 0. The van der Waals surface area contributed by atoms with Crippen LogP contribution in [0.3, 0.4) is 0 Å². The Morgan fingerprint density at radius 2 is 1.88 bits per heavy atom. The number of hydrogen-bond acceptors (Lipinski definition) is 3. The van der Waals surface area contributed by atoms with Crippen molar-refractivity contribution >= 4 is 23.8 Å². The van der Waals surface area contributed by atoms with Gasteiger partial charge in [-0.1, -0.05) is 52.6 Å². The highest BCUT2D eigenvalue weighted by Crippen LogP contribution is 2.27. The lowest BCUT2D eigenvalue weighted by molar-refractivity contribution is 0.0646. The van der Waals surface area contributed by atoms with Gasteiger partial charge in [0.25, 0.3) is 0 Å². The fourth-order valence-electron chi connectivity index (χ4n) is 2.67. The van der Waals surface area contributed by atoms with Gasteiger partial charge >= 0.3 is 0 Å². The topological polar surface area (TPSA) is 49.7 Å². The fourth-order valence-corrected chi connectivity index (χ4v) is 3.08. The maximum Gasteiger partial charge on any atom is 0.120 e. The molecule has 0 aliphatic carbocycles. The van der Waals surface area contributed by atoms with Gasteiger partial charge in [-0.05, 0) is 42.2 Å². The lowest BCUT2D eigenvalue weighted by Crippen LogP contribution is -2.26. The molecule has 0 heterocycles. The van der Waals surface area contributed by atoms with E-state index < -0.39 is 6.10 Å². The molecule has 0 spiro atoms. The third-order valence-corrected chi connectivity index (χ3v) is 4.88. The number of aliphatic hydroxyl groups excluding tert-OH is 2. The Hall–Kier alpha value is -1.30. The van der Waals surface area contributed by atoms with Gasteiger partial charge in [0.2, 0.25) is 0 Å². The second kappa shape index (κ2) is 9.87. The smallest absolute Gasteiger partial charge is 0.120 e. The summed E-state index contributed by atoms with van der Waals surface area (Å²) in [5, 5.41) is 19.8. The molecule has 2 aromatic rings. The summed E-state index contributed by atoms with van der Waals surface area (Å²) < 4.78 is 6.83. The molecule has 0 aliphatic rings. The molecule has 0 bridgehead atoms. The monoisotopic (exact) mass is 390 g/mol. The molecule has 2 unspecified atom stereocenters. The maximum atomic E-state index is 10.2. The Bertz CT molecular complexity index is 621. The van der Waals surface area contributed by atoms with Crippen LogP contribution >= 0.6 is 15.9 Å². The maximum absolute atomic E-state index is 10.2. The van der Waals surface area contributed by atoms with E-state index in [1.54, 1.807) is 0 Å². The normalized spacial score (nSPS) is 13.5. The second-order valence-electron chi connectivity index (χ2n) is 6.03. The first-order chi connectivity index (χ1) is 11.6. The van der Waals surface area contributed by atoms with Gasteiger partial charge in [-0.15, -0.1) is 0 Å². The average Bonchev–Trinajstić information content (AvgIpc) is 2.61. The van der Waals surface area contributed by atoms with E-state index in [0.29, 0.717) is 19.4 Å². The van der Waals surface area contributed by atoms with Crippen LogP contribution in [0.15, 0.2) is 53.0 Å². The molecule has 0 aromatic heterocycles. The number of aliphatic hydroxyl groups is 2. The van der Waals surface area contributed by atoms with Crippen LogP contribution in [0.4, 0.5) is 0 Å². The molecular formula is C19H24BBrO3. The SMILES string of the molecule is BCCC(O)C(CO)Cc1cc(OCc2ccccc2)ccc1Br. The van der Waals surface area contributed by atoms with E-state index >= 15 is 0 Å². The summed E-state index contributed by atoms with van der Waals surface area (Å²) in [6.45, 7) is 0.493. The van der Waals surface area contributed by atoms with E-state index in [2.05, 4.69) is 15.9 Å². The zero-order valence-electron chi connectivity index (χ0n) is 14.0. The molecule has 2 rings (SSSR count). The first-order valence-corrected chi connectivity index (χ1v) is 9.17. The number of benzene rings is 2. The number of halogens is 1. The van der Waals surface area contributed by atoms with Crippen LogP contribution in [-0.4, -0.2) is 30.8 Å². The van der Waals surface area contributed by atoms with Crippen molar-refractivity contribution < 1.29 is 14.9 Å². The Morgan fingerprint density at radius 1 is 1.12 bits per heavy atom. The predicted molar refractivity (Wildman–Crippen MR) is 103 cm³/mol. The fraction of sp³-hybridized carbons (Fsp3) is 0.368. The molecule has 0 radical (unpaired) electrons. The van der Waals surface area contributed by atoms with Crippen LogP contribution in [0.2, 0.25) is 6.32 Å². The first kappa shape index (κ1) is 19.0. The van der Waals surface area contributed by atoms with Gasteiger partial charge in [0.05, 0.1) is 6.10 Å². The molecule has 3 nitrogen and oxygen atoms in total. The summed E-state index contributed by atoms with van der Waals surface area (Å²) in [7, 11) is 2.03. The summed E-state index contributed by atoms with van der Waals surface area (Å²) in [5.74, 6) is 0.629. The predicted octanol–water partition coefficient (Wildman–Crippen LogP) is 2.98. The van der Waals surface area contributed by atoms with E-state index in [1.165, 1.54) is 0 Å². The Labute approximate surface area is 153 Å². The van der Waals surface area contributed by atoms with Crippen molar-refractivity contribution in [2.24, 2.45) is 5.92 Å². The second-order valence-corrected chi connectivity index (χ2v) is 6.88. The molecule has 24 heavy (non-hydrogen) atoms.